The smallest absolute Gasteiger partial charge is 0.406 e. The van der Waals surface area contributed by atoms with Crippen LogP contribution in [0, 0.1) is 12.8 Å². The van der Waals surface area contributed by atoms with Crippen LogP contribution in [-0.2, 0) is 17.8 Å². The van der Waals surface area contributed by atoms with Crippen molar-refractivity contribution >= 4 is 33.2 Å². The van der Waals surface area contributed by atoms with Gasteiger partial charge >= 0.3 is 11.9 Å². The van der Waals surface area contributed by atoms with Gasteiger partial charge in [-0.2, -0.15) is 13.2 Å². The summed E-state index contributed by atoms with van der Waals surface area (Å²) in [4.78, 5) is 32.6. The molecule has 3 aromatic heterocycles. The fraction of sp³-hybridized carbons (Fsp3) is 0.414. The zero-order valence-corrected chi connectivity index (χ0v) is 24.9. The van der Waals surface area contributed by atoms with Gasteiger partial charge in [0.1, 0.15) is 18.4 Å². The Bertz CT molecular complexity index is 1720. The van der Waals surface area contributed by atoms with Gasteiger partial charge in [0, 0.05) is 72.1 Å². The first-order chi connectivity index (χ1) is 19.9. The lowest BCUT2D eigenvalue weighted by molar-refractivity contribution is -0.141. The number of fused-ring (bicyclic) bond motifs is 1. The highest BCUT2D eigenvalue weighted by molar-refractivity contribution is 7.19. The molecule has 4 aromatic rings. The first-order valence-corrected chi connectivity index (χ1v) is 14.6. The molecule has 0 aliphatic carbocycles. The third kappa shape index (κ3) is 6.56. The van der Waals surface area contributed by atoms with Gasteiger partial charge < -0.3 is 9.47 Å². The number of ether oxygens (including phenoxy) is 2. The Kier molecular flexibility index (Phi) is 8.79. The SMILES string of the molecule is COCCN1C[C@H](C)[C@H](Oc2c(C)cc(Cl)cc2-c2ccnc3cc(Cn4c(=O)ccn(CC(F)(F)F)c4=O)sc23)C1. The minimum Gasteiger partial charge on any atom is -0.488 e. The number of benzene rings is 1. The summed E-state index contributed by atoms with van der Waals surface area (Å²) < 4.78 is 52.8. The molecule has 1 aliphatic rings. The van der Waals surface area contributed by atoms with Crippen LogP contribution in [0.25, 0.3) is 21.3 Å². The Morgan fingerprint density at radius 2 is 1.93 bits per heavy atom. The third-order valence-electron chi connectivity index (χ3n) is 7.30. The Morgan fingerprint density at radius 1 is 1.14 bits per heavy atom. The van der Waals surface area contributed by atoms with Crippen LogP contribution in [0.5, 0.6) is 5.75 Å². The molecule has 0 amide bonds. The molecule has 0 saturated carbocycles. The van der Waals surface area contributed by atoms with E-state index in [9.17, 15) is 22.8 Å². The molecule has 0 radical (unpaired) electrons. The van der Waals surface area contributed by atoms with E-state index in [0.29, 0.717) is 38.3 Å². The lowest BCUT2D eigenvalue weighted by Crippen LogP contribution is -2.41. The Labute approximate surface area is 248 Å². The highest BCUT2D eigenvalue weighted by Gasteiger charge is 2.32. The van der Waals surface area contributed by atoms with Gasteiger partial charge in [-0.3, -0.25) is 23.8 Å². The molecule has 0 spiro atoms. The van der Waals surface area contributed by atoms with Crippen molar-refractivity contribution in [3.63, 3.8) is 0 Å². The van der Waals surface area contributed by atoms with E-state index in [1.165, 1.54) is 11.3 Å². The van der Waals surface area contributed by atoms with Crippen molar-refractivity contribution in [3.05, 3.63) is 79.0 Å². The molecule has 4 heterocycles. The van der Waals surface area contributed by atoms with E-state index in [-0.39, 0.29) is 12.6 Å². The molecule has 1 aromatic carbocycles. The van der Waals surface area contributed by atoms with Crippen molar-refractivity contribution in [1.29, 1.82) is 0 Å². The zero-order chi connectivity index (χ0) is 30.2. The monoisotopic (exact) mass is 622 g/mol. The molecule has 224 valence electrons. The van der Waals surface area contributed by atoms with Crippen LogP contribution in [0.2, 0.25) is 5.02 Å². The van der Waals surface area contributed by atoms with Gasteiger partial charge in [0.15, 0.2) is 0 Å². The number of alkyl halides is 3. The van der Waals surface area contributed by atoms with E-state index in [0.717, 1.165) is 57.9 Å². The van der Waals surface area contributed by atoms with Crippen molar-refractivity contribution in [2.45, 2.75) is 39.2 Å². The van der Waals surface area contributed by atoms with Crippen molar-refractivity contribution < 1.29 is 22.6 Å². The van der Waals surface area contributed by atoms with Crippen LogP contribution in [0.3, 0.4) is 0 Å². The van der Waals surface area contributed by atoms with Crippen molar-refractivity contribution in [2.24, 2.45) is 5.92 Å². The van der Waals surface area contributed by atoms with Crippen LogP contribution >= 0.6 is 22.9 Å². The number of thiophene rings is 1. The summed E-state index contributed by atoms with van der Waals surface area (Å²) in [7, 11) is 1.68. The average Bonchev–Trinajstić information content (AvgIpc) is 3.49. The van der Waals surface area contributed by atoms with Crippen LogP contribution in [0.4, 0.5) is 13.2 Å². The number of aryl methyl sites for hydroxylation is 1. The number of likely N-dealkylation sites (tertiary alicyclic amines) is 1. The lowest BCUT2D eigenvalue weighted by Gasteiger charge is -2.22. The van der Waals surface area contributed by atoms with E-state index in [1.807, 2.05) is 25.1 Å². The van der Waals surface area contributed by atoms with Gasteiger partial charge in [-0.15, -0.1) is 11.3 Å². The predicted octanol–water partition coefficient (Wildman–Crippen LogP) is 5.20. The minimum atomic E-state index is -4.60. The Hall–Kier alpha value is -3.19. The standard InChI is InChI=1S/C29H30ClF3N4O4S/c1-17-10-19(30)11-22(26(17)41-24-15-35(8-9-40-3)13-18(24)2)21-4-6-34-23-12-20(42-27(21)23)14-37-25(38)5-7-36(28(37)39)16-29(31,32)33/h4-7,10-12,18,24H,8-9,13-16H2,1-3H3/t18-,24+/m0/s1. The third-order valence-corrected chi connectivity index (χ3v) is 8.66. The van der Waals surface area contributed by atoms with Gasteiger partial charge in [-0.05, 0) is 36.8 Å². The highest BCUT2D eigenvalue weighted by Crippen LogP contribution is 2.42. The van der Waals surface area contributed by atoms with E-state index in [1.54, 1.807) is 19.4 Å². The fourth-order valence-electron chi connectivity index (χ4n) is 5.28. The molecular weight excluding hydrogens is 593 g/mol. The number of rotatable bonds is 9. The van der Waals surface area contributed by atoms with Crippen molar-refractivity contribution in [2.75, 3.05) is 33.4 Å². The van der Waals surface area contributed by atoms with E-state index >= 15 is 0 Å². The average molecular weight is 623 g/mol. The number of hydrogen-bond donors (Lipinski definition) is 0. The summed E-state index contributed by atoms with van der Waals surface area (Å²) in [6, 6.07) is 8.26. The highest BCUT2D eigenvalue weighted by atomic mass is 35.5. The largest absolute Gasteiger partial charge is 0.488 e. The fourth-order valence-corrected chi connectivity index (χ4v) is 6.68. The first kappa shape index (κ1) is 30.3. The molecule has 8 nitrogen and oxygen atoms in total. The quantitative estimate of drug-likeness (QED) is 0.255. The summed E-state index contributed by atoms with van der Waals surface area (Å²) >= 11 is 7.82. The van der Waals surface area contributed by atoms with Gasteiger partial charge in [0.05, 0.1) is 23.4 Å². The molecular formula is C29H30ClF3N4O4S. The number of aromatic nitrogens is 3. The van der Waals surface area contributed by atoms with Gasteiger partial charge in [0.2, 0.25) is 0 Å². The van der Waals surface area contributed by atoms with Crippen molar-refractivity contribution in [3.8, 4) is 16.9 Å². The van der Waals surface area contributed by atoms with Gasteiger partial charge in [-0.1, -0.05) is 18.5 Å². The summed E-state index contributed by atoms with van der Waals surface area (Å²) in [5, 5.41) is 0.541. The maximum Gasteiger partial charge on any atom is 0.406 e. The number of hydrogen-bond acceptors (Lipinski definition) is 7. The lowest BCUT2D eigenvalue weighted by atomic mass is 10.0. The Morgan fingerprint density at radius 3 is 2.67 bits per heavy atom. The summed E-state index contributed by atoms with van der Waals surface area (Å²) in [5.74, 6) is 1.00. The second-order valence-electron chi connectivity index (χ2n) is 10.5. The predicted molar refractivity (Wildman–Crippen MR) is 157 cm³/mol. The van der Waals surface area contributed by atoms with E-state index < -0.39 is 24.0 Å². The van der Waals surface area contributed by atoms with Crippen LogP contribution < -0.4 is 16.0 Å². The first-order valence-electron chi connectivity index (χ1n) is 13.4. The van der Waals surface area contributed by atoms with E-state index in [2.05, 4.69) is 16.8 Å². The summed E-state index contributed by atoms with van der Waals surface area (Å²) in [5.41, 5.74) is 1.38. The van der Waals surface area contributed by atoms with Crippen LogP contribution in [0.1, 0.15) is 17.4 Å². The maximum absolute atomic E-state index is 13.0. The summed E-state index contributed by atoms with van der Waals surface area (Å²) in [6.07, 6.45) is -2.12. The molecule has 5 rings (SSSR count). The molecule has 1 saturated heterocycles. The minimum absolute atomic E-state index is 0.0412. The van der Waals surface area contributed by atoms with Crippen molar-refractivity contribution in [1.82, 2.24) is 19.0 Å². The molecule has 2 atom stereocenters. The Balaban J connectivity index is 1.51. The molecule has 1 aliphatic heterocycles. The molecule has 0 bridgehead atoms. The second kappa shape index (κ2) is 12.2. The molecule has 42 heavy (non-hydrogen) atoms. The maximum atomic E-state index is 13.0. The van der Waals surface area contributed by atoms with Gasteiger partial charge in [0.25, 0.3) is 5.56 Å². The normalized spacial score (nSPS) is 17.8. The number of halogens is 4. The topological polar surface area (TPSA) is 78.6 Å². The molecule has 0 N–H and O–H groups in total. The molecule has 1 fully saturated rings. The molecule has 0 unspecified atom stereocenters. The van der Waals surface area contributed by atoms with E-state index in [4.69, 9.17) is 21.1 Å². The second-order valence-corrected chi connectivity index (χ2v) is 12.1. The van der Waals surface area contributed by atoms with Crippen LogP contribution in [0.15, 0.2) is 52.3 Å². The number of pyridine rings is 1. The summed E-state index contributed by atoms with van der Waals surface area (Å²) in [6.45, 7) is 5.56. The van der Waals surface area contributed by atoms with Crippen LogP contribution in [-0.4, -0.2) is 64.6 Å². The number of nitrogens with zero attached hydrogens (tertiary/aromatic N) is 4. The van der Waals surface area contributed by atoms with Gasteiger partial charge in [-0.25, -0.2) is 4.79 Å². The molecule has 13 heteroatoms. The zero-order valence-electron chi connectivity index (χ0n) is 23.3. The number of methoxy groups -OCH3 is 1.